The smallest absolute Gasteiger partial charge is 0.267 e. The summed E-state index contributed by atoms with van der Waals surface area (Å²) in [4.78, 5) is 32.8. The van der Waals surface area contributed by atoms with E-state index in [1.54, 1.807) is 18.2 Å². The van der Waals surface area contributed by atoms with E-state index in [-0.39, 0.29) is 30.2 Å². The fourth-order valence-corrected chi connectivity index (χ4v) is 3.36. The molecule has 0 aliphatic heterocycles. The molecule has 0 aliphatic carbocycles. The Hall–Kier alpha value is -3.81. The van der Waals surface area contributed by atoms with Gasteiger partial charge in [-0.2, -0.15) is 5.10 Å². The molecular formula is C23H22FN5O2. The van der Waals surface area contributed by atoms with Crippen molar-refractivity contribution in [1.29, 1.82) is 0 Å². The average Bonchev–Trinajstić information content (AvgIpc) is 3.18. The molecule has 0 bridgehead atoms. The van der Waals surface area contributed by atoms with Gasteiger partial charge in [0.2, 0.25) is 5.91 Å². The first-order valence-corrected chi connectivity index (χ1v) is 9.99. The molecule has 2 N–H and O–H groups in total. The summed E-state index contributed by atoms with van der Waals surface area (Å²) in [5, 5.41) is 7.22. The van der Waals surface area contributed by atoms with Crippen LogP contribution in [0.5, 0.6) is 0 Å². The Labute approximate surface area is 178 Å². The molecule has 31 heavy (non-hydrogen) atoms. The van der Waals surface area contributed by atoms with E-state index in [2.05, 4.69) is 20.4 Å². The molecule has 0 saturated carbocycles. The van der Waals surface area contributed by atoms with Crippen molar-refractivity contribution in [1.82, 2.24) is 25.1 Å². The number of halogens is 1. The zero-order valence-electron chi connectivity index (χ0n) is 17.2. The molecule has 0 fully saturated rings. The second-order valence-electron chi connectivity index (χ2n) is 7.65. The Kier molecular flexibility index (Phi) is 5.62. The van der Waals surface area contributed by atoms with Crippen molar-refractivity contribution < 1.29 is 9.18 Å². The highest BCUT2D eigenvalue weighted by molar-refractivity contribution is 5.77. The van der Waals surface area contributed by atoms with E-state index >= 15 is 0 Å². The quantitative estimate of drug-likeness (QED) is 0.501. The number of carbonyl (C=O) groups is 1. The number of amides is 1. The molecule has 1 atom stereocenters. The number of nitrogens with one attached hydrogen (secondary N) is 2. The molecule has 4 aromatic rings. The van der Waals surface area contributed by atoms with Crippen LogP contribution in [0.2, 0.25) is 0 Å². The first-order valence-electron chi connectivity index (χ1n) is 9.99. The van der Waals surface area contributed by atoms with Gasteiger partial charge in [-0.05, 0) is 48.4 Å². The first kappa shape index (κ1) is 20.5. The molecule has 0 spiro atoms. The summed E-state index contributed by atoms with van der Waals surface area (Å²) in [6.07, 6.45) is 0. The van der Waals surface area contributed by atoms with E-state index < -0.39 is 5.56 Å². The second kappa shape index (κ2) is 8.51. The highest BCUT2D eigenvalue weighted by Crippen LogP contribution is 2.22. The van der Waals surface area contributed by atoms with Crippen LogP contribution in [-0.2, 0) is 11.3 Å². The summed E-state index contributed by atoms with van der Waals surface area (Å²) < 4.78 is 14.3. The maximum absolute atomic E-state index is 13.2. The topological polar surface area (TPSA) is 92.7 Å². The van der Waals surface area contributed by atoms with E-state index in [0.717, 1.165) is 15.7 Å². The first-order chi connectivity index (χ1) is 14.9. The number of rotatable bonds is 6. The van der Waals surface area contributed by atoms with E-state index in [0.29, 0.717) is 17.1 Å². The highest BCUT2D eigenvalue weighted by Gasteiger charge is 2.22. The lowest BCUT2D eigenvalue weighted by Gasteiger charge is -2.20. The molecule has 0 unspecified atom stereocenters. The fraction of sp³-hybridized carbons (Fsp3) is 0.217. The van der Waals surface area contributed by atoms with Crippen LogP contribution >= 0.6 is 0 Å². The molecule has 1 amide bonds. The lowest BCUT2D eigenvalue weighted by molar-refractivity contribution is -0.123. The lowest BCUT2D eigenvalue weighted by atomic mass is 10.0. The van der Waals surface area contributed by atoms with Gasteiger partial charge < -0.3 is 10.3 Å². The predicted octanol–water partition coefficient (Wildman–Crippen LogP) is 3.44. The average molecular weight is 419 g/mol. The fourth-order valence-electron chi connectivity index (χ4n) is 3.36. The van der Waals surface area contributed by atoms with Crippen molar-refractivity contribution in [3.8, 4) is 11.3 Å². The number of carbonyl (C=O) groups excluding carboxylic acids is 1. The molecule has 2 heterocycles. The molecular weight excluding hydrogens is 397 g/mol. The minimum absolute atomic E-state index is 0.0692. The van der Waals surface area contributed by atoms with E-state index in [4.69, 9.17) is 0 Å². The minimum Gasteiger partial charge on any atom is -0.344 e. The number of hydrogen-bond donors (Lipinski definition) is 2. The Morgan fingerprint density at radius 1 is 1.10 bits per heavy atom. The SMILES string of the molecule is CC(C)[C@H](NC(=O)Cn1nc(-c2ccc(F)cc2)ccc1=O)c1nc2ccccc2[nH]1. The van der Waals surface area contributed by atoms with Gasteiger partial charge in [-0.1, -0.05) is 26.0 Å². The molecule has 158 valence electrons. The summed E-state index contributed by atoms with van der Waals surface area (Å²) in [5.74, 6) is 0.0106. The van der Waals surface area contributed by atoms with Crippen LogP contribution in [0.4, 0.5) is 4.39 Å². The Bertz CT molecular complexity index is 1240. The number of H-pyrrole nitrogens is 1. The Balaban J connectivity index is 1.54. The van der Waals surface area contributed by atoms with Crippen molar-refractivity contribution in [2.75, 3.05) is 0 Å². The summed E-state index contributed by atoms with van der Waals surface area (Å²) in [6.45, 7) is 3.73. The minimum atomic E-state index is -0.397. The molecule has 8 heteroatoms. The molecule has 7 nitrogen and oxygen atoms in total. The number of nitrogens with zero attached hydrogens (tertiary/aromatic N) is 3. The third-order valence-corrected chi connectivity index (χ3v) is 4.99. The zero-order chi connectivity index (χ0) is 22.0. The normalized spacial score (nSPS) is 12.3. The Morgan fingerprint density at radius 3 is 2.55 bits per heavy atom. The van der Waals surface area contributed by atoms with Crippen LogP contribution in [0.15, 0.2) is 65.5 Å². The summed E-state index contributed by atoms with van der Waals surface area (Å²) in [7, 11) is 0. The van der Waals surface area contributed by atoms with Crippen LogP contribution in [0.3, 0.4) is 0 Å². The zero-order valence-corrected chi connectivity index (χ0v) is 17.2. The third kappa shape index (κ3) is 4.53. The van der Waals surface area contributed by atoms with Crippen molar-refractivity contribution in [3.63, 3.8) is 0 Å². The molecule has 2 aromatic heterocycles. The van der Waals surface area contributed by atoms with Crippen LogP contribution in [0.1, 0.15) is 25.7 Å². The van der Waals surface area contributed by atoms with Crippen molar-refractivity contribution in [2.24, 2.45) is 5.92 Å². The van der Waals surface area contributed by atoms with Gasteiger partial charge in [-0.25, -0.2) is 14.1 Å². The van der Waals surface area contributed by atoms with Gasteiger partial charge in [0, 0.05) is 11.6 Å². The van der Waals surface area contributed by atoms with Crippen LogP contribution in [0, 0.1) is 11.7 Å². The Morgan fingerprint density at radius 2 is 1.84 bits per heavy atom. The summed E-state index contributed by atoms with van der Waals surface area (Å²) in [6, 6.07) is 16.0. The number of fused-ring (bicyclic) bond motifs is 1. The highest BCUT2D eigenvalue weighted by atomic mass is 19.1. The maximum Gasteiger partial charge on any atom is 0.267 e. The van der Waals surface area contributed by atoms with Crippen LogP contribution in [0.25, 0.3) is 22.3 Å². The monoisotopic (exact) mass is 419 g/mol. The van der Waals surface area contributed by atoms with Gasteiger partial charge in [0.05, 0.1) is 22.8 Å². The van der Waals surface area contributed by atoms with Gasteiger partial charge >= 0.3 is 0 Å². The number of benzene rings is 2. The molecule has 0 radical (unpaired) electrons. The number of hydrogen-bond acceptors (Lipinski definition) is 4. The van der Waals surface area contributed by atoms with Gasteiger partial charge in [0.15, 0.2) is 0 Å². The lowest BCUT2D eigenvalue weighted by Crippen LogP contribution is -2.37. The summed E-state index contributed by atoms with van der Waals surface area (Å²) >= 11 is 0. The molecule has 4 rings (SSSR count). The number of aromatic amines is 1. The molecule has 2 aromatic carbocycles. The molecule has 0 saturated heterocycles. The predicted molar refractivity (Wildman–Crippen MR) is 116 cm³/mol. The van der Waals surface area contributed by atoms with Crippen LogP contribution in [-0.4, -0.2) is 25.7 Å². The van der Waals surface area contributed by atoms with E-state index in [1.165, 1.54) is 18.2 Å². The van der Waals surface area contributed by atoms with Crippen molar-refractivity contribution in [3.05, 3.63) is 82.7 Å². The van der Waals surface area contributed by atoms with Gasteiger partial charge in [-0.15, -0.1) is 0 Å². The largest absolute Gasteiger partial charge is 0.344 e. The number of aromatic nitrogens is 4. The van der Waals surface area contributed by atoms with Crippen molar-refractivity contribution in [2.45, 2.75) is 26.4 Å². The van der Waals surface area contributed by atoms with Crippen molar-refractivity contribution >= 4 is 16.9 Å². The third-order valence-electron chi connectivity index (χ3n) is 4.99. The van der Waals surface area contributed by atoms with E-state index in [1.807, 2.05) is 38.1 Å². The number of para-hydroxylation sites is 2. The standard InChI is InChI=1S/C23H22FN5O2/c1-14(2)22(23-25-18-5-3-4-6-19(18)26-23)27-20(30)13-29-21(31)12-11-17(28-29)15-7-9-16(24)10-8-15/h3-12,14,22H,13H2,1-2H3,(H,25,26)(H,27,30)/t22-/m0/s1. The number of imidazole rings is 1. The van der Waals surface area contributed by atoms with Gasteiger partial charge in [-0.3, -0.25) is 9.59 Å². The maximum atomic E-state index is 13.2. The van der Waals surface area contributed by atoms with Gasteiger partial charge in [0.25, 0.3) is 5.56 Å². The second-order valence-corrected chi connectivity index (χ2v) is 7.65. The van der Waals surface area contributed by atoms with E-state index in [9.17, 15) is 14.0 Å². The summed E-state index contributed by atoms with van der Waals surface area (Å²) in [5.41, 5.74) is 2.44. The van der Waals surface area contributed by atoms with Gasteiger partial charge in [0.1, 0.15) is 18.2 Å². The van der Waals surface area contributed by atoms with Crippen LogP contribution < -0.4 is 10.9 Å². The molecule has 0 aliphatic rings.